The van der Waals surface area contributed by atoms with Crippen LogP contribution in [-0.4, -0.2) is 53.6 Å². The van der Waals surface area contributed by atoms with Gasteiger partial charge in [-0.1, -0.05) is 49.7 Å². The molecule has 2 saturated heterocycles. The molecule has 2 aliphatic heterocycles. The first-order valence-electron chi connectivity index (χ1n) is 11.8. The first kappa shape index (κ1) is 22.7. The lowest BCUT2D eigenvalue weighted by Gasteiger charge is -2.41. The van der Waals surface area contributed by atoms with Gasteiger partial charge in [-0.3, -0.25) is 0 Å². The van der Waals surface area contributed by atoms with Crippen molar-refractivity contribution in [2.75, 3.05) is 33.3 Å². The Hall–Kier alpha value is -1.53. The molecule has 0 spiro atoms. The van der Waals surface area contributed by atoms with Crippen molar-refractivity contribution in [3.63, 3.8) is 0 Å². The second-order valence-corrected chi connectivity index (χ2v) is 10.0. The van der Waals surface area contributed by atoms with E-state index in [0.29, 0.717) is 0 Å². The summed E-state index contributed by atoms with van der Waals surface area (Å²) in [4.78, 5) is 3.82. The second-order valence-electron chi connectivity index (χ2n) is 8.86. The SMILES string of the molecule is CCC1CCN(C2CCN(Sc3cc(C(O)c4ccccc4)ccc3OC)CC2)CC1. The van der Waals surface area contributed by atoms with Gasteiger partial charge in [-0.2, -0.15) is 0 Å². The molecule has 31 heavy (non-hydrogen) atoms. The van der Waals surface area contributed by atoms with E-state index >= 15 is 0 Å². The van der Waals surface area contributed by atoms with E-state index < -0.39 is 6.10 Å². The third-order valence-corrected chi connectivity index (χ3v) is 8.15. The third-order valence-electron chi connectivity index (χ3n) is 7.01. The molecule has 0 aromatic heterocycles. The standard InChI is InChI=1S/C26H36N2O2S/c1-3-20-11-15-27(16-12-20)23-13-17-28(18-14-23)31-25-19-22(9-10-24(25)30-2)26(29)21-7-5-4-6-8-21/h4-10,19-20,23,26,29H,3,11-18H2,1-2H3. The lowest BCUT2D eigenvalue weighted by atomic mass is 9.92. The van der Waals surface area contributed by atoms with E-state index in [1.807, 2.05) is 42.5 Å². The largest absolute Gasteiger partial charge is 0.496 e. The predicted octanol–water partition coefficient (Wildman–Crippen LogP) is 5.37. The molecule has 2 fully saturated rings. The average Bonchev–Trinajstić information content (AvgIpc) is 2.84. The maximum Gasteiger partial charge on any atom is 0.133 e. The number of rotatable bonds is 7. The quantitative estimate of drug-likeness (QED) is 0.586. The highest BCUT2D eigenvalue weighted by molar-refractivity contribution is 7.97. The normalized spacial score (nSPS) is 20.6. The van der Waals surface area contributed by atoms with Crippen LogP contribution in [0.4, 0.5) is 0 Å². The molecule has 2 aromatic rings. The Kier molecular flexibility index (Phi) is 7.94. The average molecular weight is 441 g/mol. The van der Waals surface area contributed by atoms with Crippen LogP contribution in [0.1, 0.15) is 56.3 Å². The summed E-state index contributed by atoms with van der Waals surface area (Å²) in [6, 6.07) is 16.6. The summed E-state index contributed by atoms with van der Waals surface area (Å²) < 4.78 is 8.09. The van der Waals surface area contributed by atoms with Crippen LogP contribution in [0.25, 0.3) is 0 Å². The van der Waals surface area contributed by atoms with E-state index in [0.717, 1.165) is 46.8 Å². The molecule has 0 aliphatic carbocycles. The number of hydrogen-bond donors (Lipinski definition) is 1. The minimum absolute atomic E-state index is 0.622. The van der Waals surface area contributed by atoms with Gasteiger partial charge in [0.15, 0.2) is 0 Å². The first-order chi connectivity index (χ1) is 15.2. The van der Waals surface area contributed by atoms with Crippen molar-refractivity contribution in [1.82, 2.24) is 9.21 Å². The van der Waals surface area contributed by atoms with Crippen molar-refractivity contribution >= 4 is 11.9 Å². The zero-order chi connectivity index (χ0) is 21.6. The molecule has 0 amide bonds. The summed E-state index contributed by atoms with van der Waals surface area (Å²) in [6.45, 7) is 7.08. The smallest absolute Gasteiger partial charge is 0.133 e. The van der Waals surface area contributed by atoms with E-state index in [4.69, 9.17) is 4.74 Å². The van der Waals surface area contributed by atoms with Gasteiger partial charge in [0.05, 0.1) is 12.0 Å². The van der Waals surface area contributed by atoms with E-state index in [2.05, 4.69) is 22.2 Å². The van der Waals surface area contributed by atoms with Crippen molar-refractivity contribution in [3.05, 3.63) is 59.7 Å². The van der Waals surface area contributed by atoms with E-state index in [-0.39, 0.29) is 0 Å². The van der Waals surface area contributed by atoms with E-state index in [1.165, 1.54) is 45.2 Å². The summed E-state index contributed by atoms with van der Waals surface area (Å²) in [7, 11) is 1.72. The zero-order valence-electron chi connectivity index (χ0n) is 18.9. The lowest BCUT2D eigenvalue weighted by molar-refractivity contribution is 0.0980. The van der Waals surface area contributed by atoms with Crippen molar-refractivity contribution in [2.45, 2.75) is 56.1 Å². The van der Waals surface area contributed by atoms with E-state index in [1.54, 1.807) is 19.1 Å². The summed E-state index contributed by atoms with van der Waals surface area (Å²) in [6.07, 6.45) is 5.93. The molecule has 1 N–H and O–H groups in total. The highest BCUT2D eigenvalue weighted by atomic mass is 32.2. The molecule has 0 saturated carbocycles. The van der Waals surface area contributed by atoms with E-state index in [9.17, 15) is 5.11 Å². The number of aliphatic hydroxyl groups excluding tert-OH is 1. The van der Waals surface area contributed by atoms with Crippen LogP contribution in [-0.2, 0) is 0 Å². The van der Waals surface area contributed by atoms with Crippen LogP contribution >= 0.6 is 11.9 Å². The molecular formula is C26H36N2O2S. The second kappa shape index (κ2) is 10.9. The Morgan fingerprint density at radius 1 is 0.968 bits per heavy atom. The maximum atomic E-state index is 10.8. The highest BCUT2D eigenvalue weighted by Gasteiger charge is 2.28. The van der Waals surface area contributed by atoms with Crippen LogP contribution in [0, 0.1) is 5.92 Å². The molecule has 2 aromatic carbocycles. The summed E-state index contributed by atoms with van der Waals surface area (Å²) in [5.41, 5.74) is 1.82. The molecule has 168 valence electrons. The molecule has 1 unspecified atom stereocenters. The Morgan fingerprint density at radius 3 is 2.32 bits per heavy atom. The fourth-order valence-electron chi connectivity index (χ4n) is 4.93. The number of nitrogens with zero attached hydrogens (tertiary/aromatic N) is 2. The van der Waals surface area contributed by atoms with Gasteiger partial charge >= 0.3 is 0 Å². The Morgan fingerprint density at radius 2 is 1.68 bits per heavy atom. The topological polar surface area (TPSA) is 35.9 Å². The molecule has 0 radical (unpaired) electrons. The minimum atomic E-state index is -0.622. The van der Waals surface area contributed by atoms with Gasteiger partial charge in [0.1, 0.15) is 11.9 Å². The molecular weight excluding hydrogens is 404 g/mol. The fourth-order valence-corrected chi connectivity index (χ4v) is 6.03. The molecule has 1 atom stereocenters. The summed E-state index contributed by atoms with van der Waals surface area (Å²) >= 11 is 1.77. The third kappa shape index (κ3) is 5.64. The minimum Gasteiger partial charge on any atom is -0.496 e. The van der Waals surface area contributed by atoms with Gasteiger partial charge in [-0.15, -0.1) is 0 Å². The lowest BCUT2D eigenvalue weighted by Crippen LogP contribution is -2.46. The number of hydrogen-bond acceptors (Lipinski definition) is 5. The van der Waals surface area contributed by atoms with Gasteiger partial charge in [0, 0.05) is 19.1 Å². The summed E-state index contributed by atoms with van der Waals surface area (Å²) in [5, 5.41) is 10.8. The van der Waals surface area contributed by atoms with Crippen molar-refractivity contribution < 1.29 is 9.84 Å². The van der Waals surface area contributed by atoms with Crippen LogP contribution < -0.4 is 4.74 Å². The fraction of sp³-hybridized carbons (Fsp3) is 0.538. The number of aliphatic hydroxyl groups is 1. The summed E-state index contributed by atoms with van der Waals surface area (Å²) in [5.74, 6) is 1.82. The van der Waals surface area contributed by atoms with Crippen LogP contribution in [0.15, 0.2) is 53.4 Å². The number of methoxy groups -OCH3 is 1. The zero-order valence-corrected chi connectivity index (χ0v) is 19.7. The number of likely N-dealkylation sites (tertiary alicyclic amines) is 1. The molecule has 4 nitrogen and oxygen atoms in total. The van der Waals surface area contributed by atoms with Gasteiger partial charge < -0.3 is 14.7 Å². The Labute approximate surface area is 191 Å². The highest BCUT2D eigenvalue weighted by Crippen LogP contribution is 2.37. The number of piperidine rings is 2. The van der Waals surface area contributed by atoms with Crippen LogP contribution in [0.2, 0.25) is 0 Å². The first-order valence-corrected chi connectivity index (χ1v) is 12.5. The number of benzene rings is 2. The van der Waals surface area contributed by atoms with Crippen LogP contribution in [0.5, 0.6) is 5.75 Å². The van der Waals surface area contributed by atoms with Crippen molar-refractivity contribution in [2.24, 2.45) is 5.92 Å². The molecule has 2 heterocycles. The maximum absolute atomic E-state index is 10.8. The van der Waals surface area contributed by atoms with Gasteiger partial charge in [0.25, 0.3) is 0 Å². The van der Waals surface area contributed by atoms with Crippen LogP contribution in [0.3, 0.4) is 0 Å². The monoisotopic (exact) mass is 440 g/mol. The van der Waals surface area contributed by atoms with Crippen molar-refractivity contribution in [1.29, 1.82) is 0 Å². The van der Waals surface area contributed by atoms with Gasteiger partial charge in [0.2, 0.25) is 0 Å². The molecule has 0 bridgehead atoms. The molecule has 4 rings (SSSR count). The molecule has 5 heteroatoms. The van der Waals surface area contributed by atoms with Gasteiger partial charge in [-0.05, 0) is 79.9 Å². The predicted molar refractivity (Wildman–Crippen MR) is 129 cm³/mol. The Bertz CT molecular complexity index is 815. The number of ether oxygens (including phenoxy) is 1. The van der Waals surface area contributed by atoms with Gasteiger partial charge in [-0.25, -0.2) is 4.31 Å². The van der Waals surface area contributed by atoms with Crippen molar-refractivity contribution in [3.8, 4) is 5.75 Å². The Balaban J connectivity index is 1.37. The molecule has 2 aliphatic rings.